The molecule has 0 bridgehead atoms. The van der Waals surface area contributed by atoms with Crippen LogP contribution in [0.5, 0.6) is 5.75 Å². The molecule has 7 nitrogen and oxygen atoms in total. The van der Waals surface area contributed by atoms with E-state index in [1.807, 2.05) is 47.6 Å². The van der Waals surface area contributed by atoms with E-state index < -0.39 is 0 Å². The van der Waals surface area contributed by atoms with Crippen LogP contribution in [0.2, 0.25) is 0 Å². The first kappa shape index (κ1) is 14.4. The number of rotatable bonds is 4. The van der Waals surface area contributed by atoms with E-state index in [1.54, 1.807) is 19.6 Å². The van der Waals surface area contributed by atoms with Crippen molar-refractivity contribution in [1.82, 2.24) is 15.6 Å². The SMILES string of the molecule is COc1cccc(CN2NN=C3C(c4ccco4)=CN(N)C=C32)c1. The van der Waals surface area contributed by atoms with Gasteiger partial charge >= 0.3 is 0 Å². The predicted octanol–water partition coefficient (Wildman–Crippen LogP) is 2.04. The summed E-state index contributed by atoms with van der Waals surface area (Å²) < 4.78 is 10.8. The normalized spacial score (nSPS) is 16.2. The van der Waals surface area contributed by atoms with E-state index in [9.17, 15) is 0 Å². The van der Waals surface area contributed by atoms with Gasteiger partial charge in [0, 0.05) is 12.4 Å². The second kappa shape index (κ2) is 5.78. The number of methoxy groups -OCH3 is 1. The first-order valence-electron chi connectivity index (χ1n) is 7.50. The van der Waals surface area contributed by atoms with Gasteiger partial charge in [-0.3, -0.25) is 10.0 Å². The molecule has 3 heterocycles. The molecule has 2 aliphatic heterocycles. The Labute approximate surface area is 139 Å². The topological polar surface area (TPSA) is 79.3 Å². The Morgan fingerprint density at radius 1 is 1.25 bits per heavy atom. The van der Waals surface area contributed by atoms with Crippen molar-refractivity contribution in [2.24, 2.45) is 10.9 Å². The van der Waals surface area contributed by atoms with E-state index in [2.05, 4.69) is 10.6 Å². The molecule has 0 amide bonds. The van der Waals surface area contributed by atoms with Crippen molar-refractivity contribution in [3.63, 3.8) is 0 Å². The summed E-state index contributed by atoms with van der Waals surface area (Å²) in [6, 6.07) is 11.6. The molecule has 1 aromatic heterocycles. The van der Waals surface area contributed by atoms with Gasteiger partial charge in [-0.15, -0.1) is 0 Å². The minimum Gasteiger partial charge on any atom is -0.497 e. The Bertz CT molecular complexity index is 838. The highest BCUT2D eigenvalue weighted by molar-refractivity contribution is 6.31. The maximum absolute atomic E-state index is 6.00. The molecule has 0 unspecified atom stereocenters. The van der Waals surface area contributed by atoms with Crippen molar-refractivity contribution in [2.45, 2.75) is 6.54 Å². The molecule has 24 heavy (non-hydrogen) atoms. The van der Waals surface area contributed by atoms with Gasteiger partial charge in [-0.25, -0.2) is 11.4 Å². The van der Waals surface area contributed by atoms with Crippen LogP contribution in [-0.2, 0) is 6.54 Å². The second-order valence-electron chi connectivity index (χ2n) is 5.48. The van der Waals surface area contributed by atoms with Gasteiger partial charge in [-0.05, 0) is 29.8 Å². The number of ether oxygens (including phenoxy) is 1. The summed E-state index contributed by atoms with van der Waals surface area (Å²) >= 11 is 0. The lowest BCUT2D eigenvalue weighted by Gasteiger charge is -2.24. The molecule has 3 N–H and O–H groups in total. The third-order valence-electron chi connectivity index (χ3n) is 3.88. The Hall–Kier alpha value is -3.19. The lowest BCUT2D eigenvalue weighted by atomic mass is 10.0. The summed E-state index contributed by atoms with van der Waals surface area (Å²) in [6.07, 6.45) is 5.25. The molecule has 0 fully saturated rings. The van der Waals surface area contributed by atoms with Gasteiger partial charge in [0.1, 0.15) is 22.9 Å². The number of allylic oxidation sites excluding steroid dienone is 1. The fourth-order valence-corrected chi connectivity index (χ4v) is 2.75. The molecule has 2 aromatic rings. The fraction of sp³-hybridized carbons (Fsp3) is 0.118. The Kier molecular flexibility index (Phi) is 3.47. The monoisotopic (exact) mass is 323 g/mol. The average molecular weight is 323 g/mol. The molecular formula is C17H17N5O2. The predicted molar refractivity (Wildman–Crippen MR) is 89.9 cm³/mol. The number of hydrazone groups is 1. The lowest BCUT2D eigenvalue weighted by molar-refractivity contribution is 0.269. The summed E-state index contributed by atoms with van der Waals surface area (Å²) in [5, 5.41) is 7.87. The second-order valence-corrected chi connectivity index (χ2v) is 5.48. The van der Waals surface area contributed by atoms with E-state index >= 15 is 0 Å². The molecule has 4 rings (SSSR count). The van der Waals surface area contributed by atoms with Crippen molar-refractivity contribution in [3.8, 4) is 5.75 Å². The minimum atomic E-state index is 0.620. The quantitative estimate of drug-likeness (QED) is 0.838. The minimum absolute atomic E-state index is 0.620. The molecule has 0 atom stereocenters. The molecule has 0 saturated carbocycles. The molecular weight excluding hydrogens is 306 g/mol. The standard InChI is InChI=1S/C17H17N5O2/c1-23-13-5-2-4-12(8-13)9-22-15-11-21(18)10-14(17(15)19-20-22)16-6-3-7-24-16/h2-8,10-11,20H,9,18H2,1H3. The number of hydrogen-bond donors (Lipinski definition) is 2. The van der Waals surface area contributed by atoms with Gasteiger partial charge in [-0.1, -0.05) is 12.1 Å². The number of fused-ring (bicyclic) bond motifs is 1. The zero-order valence-corrected chi connectivity index (χ0v) is 13.1. The van der Waals surface area contributed by atoms with Gasteiger partial charge < -0.3 is 9.15 Å². The molecule has 0 aliphatic carbocycles. The molecule has 1 aromatic carbocycles. The van der Waals surface area contributed by atoms with Crippen molar-refractivity contribution >= 4 is 11.3 Å². The summed E-state index contributed by atoms with van der Waals surface area (Å²) in [5.74, 6) is 7.54. The zero-order valence-electron chi connectivity index (χ0n) is 13.1. The van der Waals surface area contributed by atoms with Gasteiger partial charge in [0.2, 0.25) is 0 Å². The Morgan fingerprint density at radius 2 is 2.17 bits per heavy atom. The van der Waals surface area contributed by atoms with Crippen molar-refractivity contribution in [2.75, 3.05) is 7.11 Å². The van der Waals surface area contributed by atoms with E-state index in [-0.39, 0.29) is 0 Å². The Balaban J connectivity index is 1.59. The highest BCUT2D eigenvalue weighted by Gasteiger charge is 2.30. The maximum Gasteiger partial charge on any atom is 0.137 e. The van der Waals surface area contributed by atoms with Crippen molar-refractivity contribution in [1.29, 1.82) is 0 Å². The molecule has 2 aliphatic rings. The first-order valence-corrected chi connectivity index (χ1v) is 7.50. The summed E-state index contributed by atoms with van der Waals surface area (Å²) in [6.45, 7) is 0.620. The summed E-state index contributed by atoms with van der Waals surface area (Å²) in [5.41, 5.74) is 6.66. The third-order valence-corrected chi connectivity index (χ3v) is 3.88. The van der Waals surface area contributed by atoms with Gasteiger partial charge in [0.05, 0.1) is 25.5 Å². The van der Waals surface area contributed by atoms with Crippen LogP contribution in [0.4, 0.5) is 0 Å². The van der Waals surface area contributed by atoms with Crippen LogP contribution in [0.15, 0.2) is 70.3 Å². The highest BCUT2D eigenvalue weighted by Crippen LogP contribution is 2.29. The van der Waals surface area contributed by atoms with Crippen LogP contribution in [0.25, 0.3) is 5.57 Å². The number of benzene rings is 1. The highest BCUT2D eigenvalue weighted by atomic mass is 16.5. The van der Waals surface area contributed by atoms with E-state index in [4.69, 9.17) is 15.0 Å². The zero-order chi connectivity index (χ0) is 16.5. The largest absolute Gasteiger partial charge is 0.497 e. The van der Waals surface area contributed by atoms with Crippen LogP contribution < -0.4 is 16.1 Å². The smallest absolute Gasteiger partial charge is 0.137 e. The van der Waals surface area contributed by atoms with E-state index in [0.717, 1.165) is 34.1 Å². The number of nitrogens with two attached hydrogens (primary N) is 1. The third kappa shape index (κ3) is 2.50. The molecule has 122 valence electrons. The first-order chi connectivity index (χ1) is 11.7. The van der Waals surface area contributed by atoms with Crippen LogP contribution in [0, 0.1) is 0 Å². The lowest BCUT2D eigenvalue weighted by Crippen LogP contribution is -2.33. The Morgan fingerprint density at radius 3 is 2.96 bits per heavy atom. The van der Waals surface area contributed by atoms with E-state index in [1.165, 1.54) is 5.01 Å². The number of nitrogens with zero attached hydrogens (tertiary/aromatic N) is 3. The van der Waals surface area contributed by atoms with Crippen molar-refractivity contribution in [3.05, 3.63) is 72.1 Å². The van der Waals surface area contributed by atoms with Crippen molar-refractivity contribution < 1.29 is 9.15 Å². The van der Waals surface area contributed by atoms with Crippen LogP contribution >= 0.6 is 0 Å². The number of nitrogens with one attached hydrogen (secondary N) is 1. The van der Waals surface area contributed by atoms with Gasteiger partial charge in [0.15, 0.2) is 0 Å². The average Bonchev–Trinajstić information content (AvgIpc) is 3.25. The molecule has 7 heteroatoms. The summed E-state index contributed by atoms with van der Waals surface area (Å²) in [7, 11) is 1.66. The molecule has 0 saturated heterocycles. The molecule has 0 radical (unpaired) electrons. The van der Waals surface area contributed by atoms with Gasteiger partial charge in [0.25, 0.3) is 0 Å². The van der Waals surface area contributed by atoms with E-state index in [0.29, 0.717) is 6.54 Å². The summed E-state index contributed by atoms with van der Waals surface area (Å²) in [4.78, 5) is 0. The molecule has 0 spiro atoms. The number of hydrogen-bond acceptors (Lipinski definition) is 7. The van der Waals surface area contributed by atoms with Crippen LogP contribution in [0.1, 0.15) is 11.3 Å². The van der Waals surface area contributed by atoms with Gasteiger partial charge in [-0.2, -0.15) is 5.10 Å². The fourth-order valence-electron chi connectivity index (χ4n) is 2.75. The van der Waals surface area contributed by atoms with Crippen LogP contribution in [0.3, 0.4) is 0 Å². The number of furan rings is 1. The van der Waals surface area contributed by atoms with Crippen LogP contribution in [-0.4, -0.2) is 22.8 Å². The maximum atomic E-state index is 6.00. The number of hydrazine groups is 2.